The average molecular weight is 443 g/mol. The van der Waals surface area contributed by atoms with Crippen molar-refractivity contribution in [1.82, 2.24) is 25.1 Å². The van der Waals surface area contributed by atoms with Gasteiger partial charge in [0.05, 0.1) is 23.1 Å². The predicted octanol–water partition coefficient (Wildman–Crippen LogP) is 3.99. The molecule has 2 saturated heterocycles. The molecule has 3 aliphatic rings. The second-order valence-corrected chi connectivity index (χ2v) is 10.2. The lowest BCUT2D eigenvalue weighted by atomic mass is 9.79. The number of carbonyl (C=O) groups excluding carboxylic acids is 1. The summed E-state index contributed by atoms with van der Waals surface area (Å²) in [5.74, 6) is 1.30. The lowest BCUT2D eigenvalue weighted by molar-refractivity contribution is -0.136. The summed E-state index contributed by atoms with van der Waals surface area (Å²) in [6.07, 6.45) is 7.76. The van der Waals surface area contributed by atoms with Crippen LogP contribution in [0.1, 0.15) is 48.9 Å². The van der Waals surface area contributed by atoms with Gasteiger partial charge in [-0.1, -0.05) is 19.6 Å². The molecule has 1 amide bonds. The SMILES string of the molecule is C=CC(=O)N1CC2(CCN(c3nc(-c4c(C)ccc5[nH]ncc45)c4c(n3)C(C)CCC4)C2)C1. The number of hydrogen-bond acceptors (Lipinski definition) is 5. The molecule has 6 rings (SSSR count). The highest BCUT2D eigenvalue weighted by atomic mass is 16.2. The van der Waals surface area contributed by atoms with Gasteiger partial charge in [0.2, 0.25) is 11.9 Å². The maximum absolute atomic E-state index is 12.0. The Kier molecular flexibility index (Phi) is 4.57. The molecule has 2 fully saturated rings. The van der Waals surface area contributed by atoms with Crippen molar-refractivity contribution in [2.45, 2.75) is 45.4 Å². The Hall–Kier alpha value is -3.22. The average Bonchev–Trinajstić information content (AvgIpc) is 3.45. The van der Waals surface area contributed by atoms with Gasteiger partial charge in [0.1, 0.15) is 0 Å². The number of nitrogens with zero attached hydrogens (tertiary/aromatic N) is 5. The van der Waals surface area contributed by atoms with E-state index in [-0.39, 0.29) is 11.3 Å². The smallest absolute Gasteiger partial charge is 0.245 e. The molecule has 170 valence electrons. The van der Waals surface area contributed by atoms with E-state index in [0.29, 0.717) is 5.92 Å². The molecule has 33 heavy (non-hydrogen) atoms. The molecule has 2 aliphatic heterocycles. The van der Waals surface area contributed by atoms with E-state index in [1.807, 2.05) is 11.1 Å². The number of benzene rings is 1. The van der Waals surface area contributed by atoms with Gasteiger partial charge in [-0.3, -0.25) is 9.89 Å². The van der Waals surface area contributed by atoms with E-state index in [1.54, 1.807) is 0 Å². The molecule has 0 bridgehead atoms. The largest absolute Gasteiger partial charge is 0.340 e. The van der Waals surface area contributed by atoms with Crippen molar-refractivity contribution in [2.75, 3.05) is 31.1 Å². The van der Waals surface area contributed by atoms with Crippen LogP contribution in [0.25, 0.3) is 22.2 Å². The Labute approximate surface area is 193 Å². The zero-order chi connectivity index (χ0) is 22.7. The summed E-state index contributed by atoms with van der Waals surface area (Å²) in [6, 6.07) is 4.25. The fraction of sp³-hybridized carbons (Fsp3) is 0.462. The van der Waals surface area contributed by atoms with Gasteiger partial charge in [-0.2, -0.15) is 5.10 Å². The summed E-state index contributed by atoms with van der Waals surface area (Å²) in [5.41, 5.74) is 7.16. The van der Waals surface area contributed by atoms with Crippen LogP contribution in [0.4, 0.5) is 5.95 Å². The van der Waals surface area contributed by atoms with Crippen molar-refractivity contribution < 1.29 is 4.79 Å². The van der Waals surface area contributed by atoms with Crippen LogP contribution >= 0.6 is 0 Å². The fourth-order valence-electron chi connectivity index (χ4n) is 6.07. The molecule has 1 aromatic carbocycles. The van der Waals surface area contributed by atoms with Crippen LogP contribution in [0.3, 0.4) is 0 Å². The van der Waals surface area contributed by atoms with Crippen LogP contribution in [-0.4, -0.2) is 57.2 Å². The lowest BCUT2D eigenvalue weighted by Crippen LogP contribution is -2.59. The van der Waals surface area contributed by atoms with E-state index in [4.69, 9.17) is 9.97 Å². The fourth-order valence-corrected chi connectivity index (χ4v) is 6.07. The monoisotopic (exact) mass is 442 g/mol. The number of fused-ring (bicyclic) bond motifs is 2. The maximum Gasteiger partial charge on any atom is 0.245 e. The molecule has 0 saturated carbocycles. The van der Waals surface area contributed by atoms with Gasteiger partial charge in [-0.25, -0.2) is 9.97 Å². The van der Waals surface area contributed by atoms with E-state index >= 15 is 0 Å². The van der Waals surface area contributed by atoms with Crippen LogP contribution in [-0.2, 0) is 11.2 Å². The third-order valence-electron chi connectivity index (χ3n) is 7.89. The molecular weight excluding hydrogens is 412 g/mol. The number of amides is 1. The minimum Gasteiger partial charge on any atom is -0.340 e. The number of hydrogen-bond donors (Lipinski definition) is 1. The van der Waals surface area contributed by atoms with Crippen molar-refractivity contribution in [3.05, 3.63) is 47.8 Å². The first kappa shape index (κ1) is 20.4. The Morgan fingerprint density at radius 3 is 2.94 bits per heavy atom. The number of aromatic amines is 1. The topological polar surface area (TPSA) is 78.0 Å². The number of rotatable bonds is 3. The normalized spacial score (nSPS) is 21.3. The van der Waals surface area contributed by atoms with Gasteiger partial charge in [-0.05, 0) is 56.2 Å². The third kappa shape index (κ3) is 3.16. The van der Waals surface area contributed by atoms with Crippen LogP contribution in [0.5, 0.6) is 0 Å². The van der Waals surface area contributed by atoms with E-state index in [0.717, 1.165) is 61.6 Å². The van der Waals surface area contributed by atoms with Crippen molar-refractivity contribution in [1.29, 1.82) is 0 Å². The molecule has 3 aromatic rings. The zero-order valence-corrected chi connectivity index (χ0v) is 19.4. The first-order chi connectivity index (χ1) is 16.0. The molecule has 1 atom stereocenters. The van der Waals surface area contributed by atoms with Crippen LogP contribution in [0.2, 0.25) is 0 Å². The van der Waals surface area contributed by atoms with Gasteiger partial charge in [0, 0.05) is 48.1 Å². The summed E-state index contributed by atoms with van der Waals surface area (Å²) in [5, 5.41) is 8.54. The molecule has 0 radical (unpaired) electrons. The molecule has 1 unspecified atom stereocenters. The Balaban J connectivity index is 1.42. The van der Waals surface area contributed by atoms with E-state index in [9.17, 15) is 4.79 Å². The summed E-state index contributed by atoms with van der Waals surface area (Å²) >= 11 is 0. The molecule has 1 N–H and O–H groups in total. The molecular formula is C26H30N6O. The number of likely N-dealkylation sites (tertiary alicyclic amines) is 1. The number of aromatic nitrogens is 4. The molecule has 1 spiro atoms. The number of nitrogens with one attached hydrogen (secondary N) is 1. The number of carbonyl (C=O) groups is 1. The van der Waals surface area contributed by atoms with Crippen molar-refractivity contribution >= 4 is 22.8 Å². The summed E-state index contributed by atoms with van der Waals surface area (Å²) in [6.45, 7) is 11.5. The van der Waals surface area contributed by atoms with E-state index < -0.39 is 0 Å². The summed E-state index contributed by atoms with van der Waals surface area (Å²) in [7, 11) is 0. The van der Waals surface area contributed by atoms with Gasteiger partial charge < -0.3 is 9.80 Å². The molecule has 7 nitrogen and oxygen atoms in total. The Morgan fingerprint density at radius 2 is 2.12 bits per heavy atom. The Bertz CT molecular complexity index is 1270. The molecule has 4 heterocycles. The highest BCUT2D eigenvalue weighted by Gasteiger charge is 2.49. The predicted molar refractivity (Wildman–Crippen MR) is 129 cm³/mol. The van der Waals surface area contributed by atoms with Gasteiger partial charge in [0.15, 0.2) is 0 Å². The minimum absolute atomic E-state index is 0.0314. The summed E-state index contributed by atoms with van der Waals surface area (Å²) < 4.78 is 0. The zero-order valence-electron chi connectivity index (χ0n) is 19.4. The number of aryl methyl sites for hydroxylation is 1. The van der Waals surface area contributed by atoms with Crippen molar-refractivity contribution in [3.63, 3.8) is 0 Å². The third-order valence-corrected chi connectivity index (χ3v) is 7.89. The molecule has 1 aliphatic carbocycles. The second kappa shape index (κ2) is 7.40. The van der Waals surface area contributed by atoms with Crippen LogP contribution in [0.15, 0.2) is 31.0 Å². The highest BCUT2D eigenvalue weighted by molar-refractivity contribution is 5.96. The second-order valence-electron chi connectivity index (χ2n) is 10.2. The standard InChI is InChI=1S/C26H30N6O/c1-4-21(33)32-14-26(15-32)10-11-31(13-26)25-28-23-17(3)6-5-7-18(23)24(29-25)22-16(2)8-9-20-19(22)12-27-30-20/h4,8-9,12,17H,1,5-7,10-11,13-15H2,2-3H3,(H,27,30). The van der Waals surface area contributed by atoms with Crippen molar-refractivity contribution in [2.24, 2.45) is 5.41 Å². The first-order valence-corrected chi connectivity index (χ1v) is 12.0. The van der Waals surface area contributed by atoms with Crippen LogP contribution < -0.4 is 4.90 Å². The quantitative estimate of drug-likeness (QED) is 0.621. The Morgan fingerprint density at radius 1 is 1.27 bits per heavy atom. The summed E-state index contributed by atoms with van der Waals surface area (Å²) in [4.78, 5) is 26.6. The minimum atomic E-state index is 0.0314. The van der Waals surface area contributed by atoms with E-state index in [1.165, 1.54) is 41.3 Å². The van der Waals surface area contributed by atoms with Gasteiger partial charge >= 0.3 is 0 Å². The first-order valence-electron chi connectivity index (χ1n) is 12.0. The van der Waals surface area contributed by atoms with E-state index in [2.05, 4.69) is 47.7 Å². The maximum atomic E-state index is 12.0. The molecule has 7 heteroatoms. The highest BCUT2D eigenvalue weighted by Crippen LogP contribution is 2.43. The number of H-pyrrole nitrogens is 1. The van der Waals surface area contributed by atoms with Gasteiger partial charge in [0.25, 0.3) is 0 Å². The van der Waals surface area contributed by atoms with Crippen molar-refractivity contribution in [3.8, 4) is 11.3 Å². The number of anilines is 1. The molecule has 2 aromatic heterocycles. The lowest BCUT2D eigenvalue weighted by Gasteiger charge is -2.47. The van der Waals surface area contributed by atoms with Crippen LogP contribution in [0, 0.1) is 12.3 Å². The van der Waals surface area contributed by atoms with Gasteiger partial charge in [-0.15, -0.1) is 0 Å².